The molecule has 1 saturated heterocycles. The molecule has 0 saturated carbocycles. The summed E-state index contributed by atoms with van der Waals surface area (Å²) in [5.41, 5.74) is 4.40. The van der Waals surface area contributed by atoms with E-state index in [4.69, 9.17) is 4.74 Å². The number of hydrogen-bond donors (Lipinski definition) is 1. The number of aromatic amines is 1. The van der Waals surface area contributed by atoms with Gasteiger partial charge < -0.3 is 9.30 Å². The first-order chi connectivity index (χ1) is 12.6. The van der Waals surface area contributed by atoms with E-state index < -0.39 is 0 Å². The Morgan fingerprint density at radius 3 is 2.62 bits per heavy atom. The van der Waals surface area contributed by atoms with Crippen molar-refractivity contribution in [3.63, 3.8) is 0 Å². The molecule has 4 aromatic rings. The maximum Gasteiger partial charge on any atom is 0.123 e. The Balaban J connectivity index is 1.82. The lowest BCUT2D eigenvalue weighted by Crippen LogP contribution is -2.32. The maximum atomic E-state index is 13.5. The molecule has 0 aliphatic carbocycles. The number of benzene rings is 2. The van der Waals surface area contributed by atoms with E-state index in [0.29, 0.717) is 0 Å². The van der Waals surface area contributed by atoms with Gasteiger partial charge in [-0.05, 0) is 55.3 Å². The minimum absolute atomic E-state index is 0.0254. The molecule has 0 unspecified atom stereocenters. The Morgan fingerprint density at radius 1 is 1.08 bits per heavy atom. The molecule has 26 heavy (non-hydrogen) atoms. The smallest absolute Gasteiger partial charge is 0.123 e. The fourth-order valence-corrected chi connectivity index (χ4v) is 4.04. The molecule has 0 bridgehead atoms. The van der Waals surface area contributed by atoms with Crippen molar-refractivity contribution in [2.75, 3.05) is 13.2 Å². The number of ether oxygens (including phenoxy) is 1. The van der Waals surface area contributed by atoms with Gasteiger partial charge in [-0.3, -0.25) is 5.10 Å². The number of halogens is 1. The van der Waals surface area contributed by atoms with Gasteiger partial charge in [-0.15, -0.1) is 0 Å². The highest BCUT2D eigenvalue weighted by Crippen LogP contribution is 2.39. The van der Waals surface area contributed by atoms with Gasteiger partial charge in [-0.25, -0.2) is 4.39 Å². The van der Waals surface area contributed by atoms with E-state index in [1.54, 1.807) is 0 Å². The molecule has 1 aliphatic heterocycles. The van der Waals surface area contributed by atoms with Crippen molar-refractivity contribution in [2.24, 2.45) is 0 Å². The maximum absolute atomic E-state index is 13.5. The highest BCUT2D eigenvalue weighted by atomic mass is 19.1. The largest absolute Gasteiger partial charge is 0.381 e. The van der Waals surface area contributed by atoms with Gasteiger partial charge >= 0.3 is 0 Å². The van der Waals surface area contributed by atoms with Crippen LogP contribution >= 0.6 is 0 Å². The summed E-state index contributed by atoms with van der Waals surface area (Å²) < 4.78 is 21.4. The number of rotatable bonds is 2. The van der Waals surface area contributed by atoms with Gasteiger partial charge in [0.05, 0.1) is 17.2 Å². The average molecular weight is 349 g/mol. The lowest BCUT2D eigenvalue weighted by molar-refractivity contribution is 0.0546. The van der Waals surface area contributed by atoms with Crippen LogP contribution in [-0.2, 0) is 10.2 Å². The van der Waals surface area contributed by atoms with Crippen LogP contribution in [0.4, 0.5) is 4.39 Å². The highest BCUT2D eigenvalue weighted by Gasteiger charge is 2.33. The van der Waals surface area contributed by atoms with Crippen LogP contribution in [0, 0.1) is 5.82 Å². The topological polar surface area (TPSA) is 42.8 Å². The van der Waals surface area contributed by atoms with Crippen LogP contribution in [0.25, 0.3) is 27.5 Å². The number of nitrogens with one attached hydrogen (secondary N) is 1. The first kappa shape index (κ1) is 15.6. The number of fused-ring (bicyclic) bond motifs is 2. The van der Waals surface area contributed by atoms with Crippen molar-refractivity contribution in [1.29, 1.82) is 0 Å². The number of hydrogen-bond acceptors (Lipinski definition) is 2. The van der Waals surface area contributed by atoms with Crippen LogP contribution in [-0.4, -0.2) is 28.0 Å². The van der Waals surface area contributed by atoms with Gasteiger partial charge in [-0.2, -0.15) is 5.10 Å². The zero-order valence-corrected chi connectivity index (χ0v) is 14.6. The monoisotopic (exact) mass is 349 g/mol. The fourth-order valence-electron chi connectivity index (χ4n) is 4.04. The third-order valence-corrected chi connectivity index (χ3v) is 5.66. The van der Waals surface area contributed by atoms with E-state index in [2.05, 4.69) is 39.9 Å². The standard InChI is InChI=1S/C21H20FN3O/c1-21(6-8-26-9-7-21)20-12-14-10-18-15(13-23-24-18)11-19(14)25(20)17-4-2-16(22)3-5-17/h2-5,10-13H,6-9H2,1H3,(H,23,24). The Hall–Kier alpha value is -2.66. The first-order valence-corrected chi connectivity index (χ1v) is 8.97. The van der Waals surface area contributed by atoms with Crippen molar-refractivity contribution in [3.8, 4) is 5.69 Å². The molecule has 0 atom stereocenters. The Labute approximate surface area is 150 Å². The molecule has 1 fully saturated rings. The van der Waals surface area contributed by atoms with Crippen molar-refractivity contribution >= 4 is 21.8 Å². The third kappa shape index (κ3) is 2.35. The second kappa shape index (κ2) is 5.68. The van der Waals surface area contributed by atoms with E-state index >= 15 is 0 Å². The minimum Gasteiger partial charge on any atom is -0.381 e. The molecule has 0 radical (unpaired) electrons. The van der Waals surface area contributed by atoms with E-state index in [9.17, 15) is 4.39 Å². The SMILES string of the molecule is CC1(c2cc3cc4[nH]ncc4cc3n2-c2ccc(F)cc2)CCOCC1. The molecule has 132 valence electrons. The summed E-state index contributed by atoms with van der Waals surface area (Å²) in [4.78, 5) is 0. The molecular weight excluding hydrogens is 329 g/mol. The summed E-state index contributed by atoms with van der Waals surface area (Å²) in [6.45, 7) is 3.84. The van der Waals surface area contributed by atoms with Gasteiger partial charge in [0, 0.05) is 40.8 Å². The van der Waals surface area contributed by atoms with Gasteiger partial charge in [-0.1, -0.05) is 6.92 Å². The molecule has 5 heteroatoms. The van der Waals surface area contributed by atoms with Crippen LogP contribution in [0.1, 0.15) is 25.5 Å². The third-order valence-electron chi connectivity index (χ3n) is 5.66. The highest BCUT2D eigenvalue weighted by molar-refractivity contribution is 5.96. The van der Waals surface area contributed by atoms with E-state index in [1.807, 2.05) is 18.3 Å². The Bertz CT molecular complexity index is 1090. The van der Waals surface area contributed by atoms with Crippen molar-refractivity contribution < 1.29 is 9.13 Å². The van der Waals surface area contributed by atoms with Crippen molar-refractivity contribution in [3.05, 3.63) is 60.2 Å². The van der Waals surface area contributed by atoms with Crippen LogP contribution in [0.15, 0.2) is 48.7 Å². The molecule has 4 nitrogen and oxygen atoms in total. The summed E-state index contributed by atoms with van der Waals surface area (Å²) in [6.07, 6.45) is 3.79. The number of aromatic nitrogens is 3. The van der Waals surface area contributed by atoms with Crippen LogP contribution in [0.2, 0.25) is 0 Å². The first-order valence-electron chi connectivity index (χ1n) is 8.97. The lowest BCUT2D eigenvalue weighted by atomic mass is 9.79. The molecule has 2 aromatic carbocycles. The van der Waals surface area contributed by atoms with Gasteiger partial charge in [0.25, 0.3) is 0 Å². The summed E-state index contributed by atoms with van der Waals surface area (Å²) >= 11 is 0. The molecular formula is C21H20FN3O. The number of H-pyrrole nitrogens is 1. The fraction of sp³-hybridized carbons (Fsp3) is 0.286. The molecule has 0 amide bonds. The zero-order chi connectivity index (χ0) is 17.7. The predicted molar refractivity (Wildman–Crippen MR) is 100 cm³/mol. The second-order valence-electron chi connectivity index (χ2n) is 7.38. The quantitative estimate of drug-likeness (QED) is 0.569. The van der Waals surface area contributed by atoms with Crippen LogP contribution < -0.4 is 0 Å². The van der Waals surface area contributed by atoms with Crippen molar-refractivity contribution in [1.82, 2.24) is 14.8 Å². The molecule has 1 N–H and O–H groups in total. The van der Waals surface area contributed by atoms with E-state index in [-0.39, 0.29) is 11.2 Å². The molecule has 0 spiro atoms. The van der Waals surface area contributed by atoms with Crippen LogP contribution in [0.5, 0.6) is 0 Å². The summed E-state index contributed by atoms with van der Waals surface area (Å²) in [7, 11) is 0. The van der Waals surface area contributed by atoms with E-state index in [0.717, 1.165) is 53.5 Å². The Morgan fingerprint density at radius 2 is 1.85 bits per heavy atom. The second-order valence-corrected chi connectivity index (χ2v) is 7.38. The molecule has 2 aromatic heterocycles. The molecule has 5 rings (SSSR count). The summed E-state index contributed by atoms with van der Waals surface area (Å²) in [6, 6.07) is 13.3. The lowest BCUT2D eigenvalue weighted by Gasteiger charge is -2.34. The molecule has 1 aliphatic rings. The van der Waals surface area contributed by atoms with Crippen molar-refractivity contribution in [2.45, 2.75) is 25.2 Å². The minimum atomic E-state index is -0.221. The van der Waals surface area contributed by atoms with Gasteiger partial charge in [0.1, 0.15) is 5.82 Å². The van der Waals surface area contributed by atoms with Crippen LogP contribution in [0.3, 0.4) is 0 Å². The molecule has 3 heterocycles. The summed E-state index contributed by atoms with van der Waals surface area (Å²) in [5, 5.41) is 9.42. The summed E-state index contributed by atoms with van der Waals surface area (Å²) in [5.74, 6) is -0.221. The zero-order valence-electron chi connectivity index (χ0n) is 14.6. The van der Waals surface area contributed by atoms with E-state index in [1.165, 1.54) is 17.8 Å². The van der Waals surface area contributed by atoms with Gasteiger partial charge in [0.2, 0.25) is 0 Å². The Kier molecular flexibility index (Phi) is 3.40. The average Bonchev–Trinajstić information content (AvgIpc) is 3.25. The van der Waals surface area contributed by atoms with Gasteiger partial charge in [0.15, 0.2) is 0 Å². The number of nitrogens with zero attached hydrogens (tertiary/aromatic N) is 2. The predicted octanol–water partition coefficient (Wildman–Crippen LogP) is 4.71. The normalized spacial score (nSPS) is 17.2.